The molecule has 3 rings (SSSR count). The number of ketones is 1. The molecule has 1 saturated heterocycles. The van der Waals surface area contributed by atoms with Crippen LogP contribution in [0.5, 0.6) is 0 Å². The topological polar surface area (TPSA) is 82.3 Å². The number of nitrogens with zero attached hydrogens (tertiary/aromatic N) is 2. The summed E-state index contributed by atoms with van der Waals surface area (Å²) < 4.78 is 5.90. The van der Waals surface area contributed by atoms with Gasteiger partial charge in [0.05, 0.1) is 22.7 Å². The van der Waals surface area contributed by atoms with Gasteiger partial charge in [-0.05, 0) is 24.8 Å². The van der Waals surface area contributed by atoms with E-state index in [0.29, 0.717) is 17.9 Å². The van der Waals surface area contributed by atoms with E-state index < -0.39 is 11.0 Å². The largest absolute Gasteiger partial charge is 0.369 e. The fourth-order valence-electron chi connectivity index (χ4n) is 2.57. The minimum Gasteiger partial charge on any atom is -0.369 e. The summed E-state index contributed by atoms with van der Waals surface area (Å²) in [4.78, 5) is 26.1. The molecule has 1 aromatic heterocycles. The van der Waals surface area contributed by atoms with E-state index in [0.717, 1.165) is 12.8 Å². The van der Waals surface area contributed by atoms with Crippen LogP contribution < -0.4 is 0 Å². The van der Waals surface area contributed by atoms with Crippen molar-refractivity contribution in [2.75, 3.05) is 0 Å². The highest BCUT2D eigenvalue weighted by Gasteiger charge is 2.40. The second kappa shape index (κ2) is 4.70. The van der Waals surface area contributed by atoms with Gasteiger partial charge in [0.2, 0.25) is 0 Å². The zero-order valence-corrected chi connectivity index (χ0v) is 10.3. The van der Waals surface area contributed by atoms with Crippen molar-refractivity contribution in [2.45, 2.75) is 37.9 Å². The third-order valence-electron chi connectivity index (χ3n) is 3.71. The third kappa shape index (κ3) is 2.49. The maximum Gasteiger partial charge on any atom is 0.293 e. The van der Waals surface area contributed by atoms with Crippen LogP contribution >= 0.6 is 0 Å². The van der Waals surface area contributed by atoms with E-state index in [4.69, 9.17) is 4.74 Å². The number of aromatic nitrogens is 1. The van der Waals surface area contributed by atoms with Gasteiger partial charge < -0.3 is 4.74 Å². The van der Waals surface area contributed by atoms with Crippen molar-refractivity contribution in [3.8, 4) is 0 Å². The van der Waals surface area contributed by atoms with Crippen LogP contribution in [0.2, 0.25) is 0 Å². The van der Waals surface area contributed by atoms with Gasteiger partial charge in [0.25, 0.3) is 5.69 Å². The predicted octanol–water partition coefficient (Wildman–Crippen LogP) is 2.19. The normalized spacial score (nSPS) is 27.3. The summed E-state index contributed by atoms with van der Waals surface area (Å²) in [6.07, 6.45) is 4.97. The molecule has 0 N–H and O–H groups in total. The number of rotatable bonds is 3. The molecular weight excluding hydrogens is 248 g/mol. The summed E-state index contributed by atoms with van der Waals surface area (Å²) in [5, 5.41) is 11.0. The molecular formula is C13H14N2O4. The number of hydrogen-bond donors (Lipinski definition) is 0. The van der Waals surface area contributed by atoms with E-state index in [-0.39, 0.29) is 24.0 Å². The highest BCUT2D eigenvalue weighted by atomic mass is 16.6. The molecule has 1 aliphatic heterocycles. The molecule has 6 heteroatoms. The molecule has 2 unspecified atom stereocenters. The Labute approximate surface area is 109 Å². The molecule has 0 radical (unpaired) electrons. The van der Waals surface area contributed by atoms with Gasteiger partial charge in [0.15, 0.2) is 0 Å². The molecule has 1 aliphatic carbocycles. The lowest BCUT2D eigenvalue weighted by molar-refractivity contribution is -0.386. The molecule has 1 saturated carbocycles. The molecule has 0 spiro atoms. The van der Waals surface area contributed by atoms with Crippen LogP contribution in [0.1, 0.15) is 37.4 Å². The summed E-state index contributed by atoms with van der Waals surface area (Å²) in [5.41, 5.74) is 0.385. The maximum absolute atomic E-state index is 11.8. The number of nitro groups is 1. The Morgan fingerprint density at radius 2 is 2.16 bits per heavy atom. The average Bonchev–Trinajstić information content (AvgIpc) is 3.22. The number of pyridine rings is 1. The second-order valence-electron chi connectivity index (χ2n) is 5.14. The van der Waals surface area contributed by atoms with Crippen LogP contribution in [0.15, 0.2) is 18.5 Å². The Bertz CT molecular complexity index is 527. The lowest BCUT2D eigenvalue weighted by Crippen LogP contribution is -2.30. The molecule has 19 heavy (non-hydrogen) atoms. The lowest BCUT2D eigenvalue weighted by atomic mass is 9.95. The quantitative estimate of drug-likeness (QED) is 0.616. The van der Waals surface area contributed by atoms with Crippen LogP contribution in [0.25, 0.3) is 0 Å². The molecule has 2 aliphatic rings. The lowest BCUT2D eigenvalue weighted by Gasteiger charge is -2.29. The Morgan fingerprint density at radius 1 is 1.37 bits per heavy atom. The minimum absolute atomic E-state index is 0.0704. The van der Waals surface area contributed by atoms with Gasteiger partial charge in [-0.1, -0.05) is 0 Å². The van der Waals surface area contributed by atoms with Crippen molar-refractivity contribution in [1.82, 2.24) is 4.98 Å². The molecule has 2 atom stereocenters. The first-order chi connectivity index (χ1) is 9.15. The standard InChI is InChI=1S/C13H14N2O4/c16-9-5-12(8-1-2-8)19-13(6-9)10-3-4-14-7-11(10)15(17)18/h3-4,7-8,12-13H,1-2,5-6H2. The van der Waals surface area contributed by atoms with Crippen molar-refractivity contribution < 1.29 is 14.5 Å². The van der Waals surface area contributed by atoms with Gasteiger partial charge >= 0.3 is 0 Å². The number of ether oxygens (including phenoxy) is 1. The SMILES string of the molecule is O=C1CC(c2ccncc2[N+](=O)[O-])OC(C2CC2)C1. The molecule has 0 aromatic carbocycles. The van der Waals surface area contributed by atoms with E-state index in [1.54, 1.807) is 6.07 Å². The third-order valence-corrected chi connectivity index (χ3v) is 3.71. The molecule has 1 aromatic rings. The summed E-state index contributed by atoms with van der Waals surface area (Å²) >= 11 is 0. The zero-order chi connectivity index (χ0) is 13.4. The number of carbonyl (C=O) groups excluding carboxylic acids is 1. The fraction of sp³-hybridized carbons (Fsp3) is 0.538. The Morgan fingerprint density at radius 3 is 2.84 bits per heavy atom. The maximum atomic E-state index is 11.8. The minimum atomic E-state index is -0.504. The van der Waals surface area contributed by atoms with Crippen LogP contribution in [-0.4, -0.2) is 21.8 Å². The van der Waals surface area contributed by atoms with E-state index in [1.165, 1.54) is 12.4 Å². The van der Waals surface area contributed by atoms with Gasteiger partial charge in [-0.25, -0.2) is 0 Å². The molecule has 2 fully saturated rings. The summed E-state index contributed by atoms with van der Waals surface area (Å²) in [5.74, 6) is 0.576. The van der Waals surface area contributed by atoms with E-state index in [9.17, 15) is 14.9 Å². The first-order valence-electron chi connectivity index (χ1n) is 6.40. The Kier molecular flexibility index (Phi) is 3.02. The van der Waals surface area contributed by atoms with E-state index >= 15 is 0 Å². The second-order valence-corrected chi connectivity index (χ2v) is 5.14. The highest BCUT2D eigenvalue weighted by molar-refractivity contribution is 5.80. The number of hydrogen-bond acceptors (Lipinski definition) is 5. The van der Waals surface area contributed by atoms with Gasteiger partial charge in [-0.2, -0.15) is 0 Å². The number of carbonyl (C=O) groups is 1. The summed E-state index contributed by atoms with van der Waals surface area (Å²) in [7, 11) is 0. The van der Waals surface area contributed by atoms with Crippen LogP contribution in [0.3, 0.4) is 0 Å². The molecule has 2 heterocycles. The van der Waals surface area contributed by atoms with E-state index in [1.807, 2.05) is 0 Å². The van der Waals surface area contributed by atoms with Gasteiger partial charge in [0.1, 0.15) is 12.0 Å². The smallest absolute Gasteiger partial charge is 0.293 e. The van der Waals surface area contributed by atoms with Gasteiger partial charge in [-0.15, -0.1) is 0 Å². The molecule has 0 bridgehead atoms. The average molecular weight is 262 g/mol. The number of Topliss-reactive ketones (excluding diaryl/α,β-unsaturated/α-hetero) is 1. The zero-order valence-electron chi connectivity index (χ0n) is 10.3. The van der Waals surface area contributed by atoms with Crippen molar-refractivity contribution >= 4 is 11.5 Å². The van der Waals surface area contributed by atoms with Crippen molar-refractivity contribution in [3.05, 3.63) is 34.1 Å². The molecule has 0 amide bonds. The van der Waals surface area contributed by atoms with Crippen molar-refractivity contribution in [1.29, 1.82) is 0 Å². The van der Waals surface area contributed by atoms with Crippen LogP contribution in [0.4, 0.5) is 5.69 Å². The molecule has 100 valence electrons. The van der Waals surface area contributed by atoms with Gasteiger partial charge in [-0.3, -0.25) is 19.9 Å². The monoisotopic (exact) mass is 262 g/mol. The summed E-state index contributed by atoms with van der Waals surface area (Å²) in [6.45, 7) is 0. The van der Waals surface area contributed by atoms with Crippen LogP contribution in [-0.2, 0) is 9.53 Å². The van der Waals surface area contributed by atoms with Crippen molar-refractivity contribution in [3.63, 3.8) is 0 Å². The first-order valence-corrected chi connectivity index (χ1v) is 6.40. The van der Waals surface area contributed by atoms with Crippen LogP contribution in [0, 0.1) is 16.0 Å². The fourth-order valence-corrected chi connectivity index (χ4v) is 2.57. The molecule has 6 nitrogen and oxygen atoms in total. The summed E-state index contributed by atoms with van der Waals surface area (Å²) in [6, 6.07) is 1.57. The predicted molar refractivity (Wildman–Crippen MR) is 65.5 cm³/mol. The Hall–Kier alpha value is -1.82. The first kappa shape index (κ1) is 12.2. The van der Waals surface area contributed by atoms with Crippen molar-refractivity contribution in [2.24, 2.45) is 5.92 Å². The Balaban J connectivity index is 1.88. The van der Waals surface area contributed by atoms with E-state index in [2.05, 4.69) is 4.98 Å². The van der Waals surface area contributed by atoms with Gasteiger partial charge in [0, 0.05) is 19.0 Å². The highest BCUT2D eigenvalue weighted by Crippen LogP contribution is 2.43.